The number of rotatable bonds is 3. The number of hydrogen-bond acceptors (Lipinski definition) is 2. The first-order valence-electron chi connectivity index (χ1n) is 7.22. The van der Waals surface area contributed by atoms with E-state index in [9.17, 15) is 5.11 Å². The first-order chi connectivity index (χ1) is 8.75. The van der Waals surface area contributed by atoms with Crippen LogP contribution in [0.3, 0.4) is 0 Å². The topological polar surface area (TPSA) is 23.5 Å². The fraction of sp³-hybridized carbons (Fsp3) is 0.625. The van der Waals surface area contributed by atoms with Crippen LogP contribution in [0.1, 0.15) is 42.9 Å². The average Bonchev–Trinajstić information content (AvgIpc) is 3.18. The van der Waals surface area contributed by atoms with Gasteiger partial charge in [-0.15, -0.1) is 0 Å². The minimum atomic E-state index is -0.313. The molecule has 98 valence electrons. The monoisotopic (exact) mass is 245 g/mol. The van der Waals surface area contributed by atoms with Crippen molar-refractivity contribution in [2.75, 3.05) is 13.6 Å². The molecular formula is C16H23NO. The third-order valence-electron chi connectivity index (χ3n) is 4.49. The second-order valence-corrected chi connectivity index (χ2v) is 5.99. The molecule has 2 heteroatoms. The lowest BCUT2D eigenvalue weighted by molar-refractivity contribution is 0.0570. The van der Waals surface area contributed by atoms with E-state index in [0.29, 0.717) is 6.04 Å². The molecule has 1 fully saturated rings. The van der Waals surface area contributed by atoms with Crippen molar-refractivity contribution in [3.05, 3.63) is 35.4 Å². The standard InChI is InChI=1S/C16H23NO/c1-17(11-12-9-10-12)15-8-4-6-13-5-2-3-7-14(13)16(15)18/h2-3,5,7,12,15-16,18H,4,6,8-11H2,1H3. The maximum absolute atomic E-state index is 10.7. The Hall–Kier alpha value is -0.860. The van der Waals surface area contributed by atoms with Gasteiger partial charge in [0.1, 0.15) is 0 Å². The molecule has 0 aromatic heterocycles. The van der Waals surface area contributed by atoms with Crippen LogP contribution in [0.15, 0.2) is 24.3 Å². The molecule has 0 saturated heterocycles. The van der Waals surface area contributed by atoms with Crippen LogP contribution in [0.4, 0.5) is 0 Å². The molecule has 0 radical (unpaired) electrons. The van der Waals surface area contributed by atoms with E-state index in [1.165, 1.54) is 24.8 Å². The van der Waals surface area contributed by atoms with Gasteiger partial charge in [-0.05, 0) is 56.2 Å². The average molecular weight is 245 g/mol. The van der Waals surface area contributed by atoms with Crippen molar-refractivity contribution in [3.63, 3.8) is 0 Å². The maximum Gasteiger partial charge on any atom is 0.0947 e. The van der Waals surface area contributed by atoms with Crippen molar-refractivity contribution in [2.24, 2.45) is 5.92 Å². The summed E-state index contributed by atoms with van der Waals surface area (Å²) in [5.74, 6) is 0.890. The van der Waals surface area contributed by atoms with Gasteiger partial charge >= 0.3 is 0 Å². The Kier molecular flexibility index (Phi) is 3.40. The normalized spacial score (nSPS) is 27.9. The number of hydrogen-bond donors (Lipinski definition) is 1. The Balaban J connectivity index is 1.79. The molecule has 0 bridgehead atoms. The minimum Gasteiger partial charge on any atom is -0.387 e. The van der Waals surface area contributed by atoms with Gasteiger partial charge in [0.2, 0.25) is 0 Å². The predicted molar refractivity (Wildman–Crippen MR) is 73.5 cm³/mol. The van der Waals surface area contributed by atoms with Crippen molar-refractivity contribution in [2.45, 2.75) is 44.2 Å². The zero-order valence-corrected chi connectivity index (χ0v) is 11.2. The summed E-state index contributed by atoms with van der Waals surface area (Å²) < 4.78 is 0. The Morgan fingerprint density at radius 1 is 1.22 bits per heavy atom. The lowest BCUT2D eigenvalue weighted by atomic mass is 9.98. The molecule has 18 heavy (non-hydrogen) atoms. The highest BCUT2D eigenvalue weighted by molar-refractivity contribution is 5.31. The van der Waals surface area contributed by atoms with Gasteiger partial charge in [0.15, 0.2) is 0 Å². The molecule has 2 atom stereocenters. The van der Waals surface area contributed by atoms with E-state index >= 15 is 0 Å². The molecule has 0 heterocycles. The molecule has 1 aromatic rings. The first-order valence-corrected chi connectivity index (χ1v) is 7.22. The molecule has 2 aliphatic carbocycles. The Morgan fingerprint density at radius 3 is 2.78 bits per heavy atom. The number of fused-ring (bicyclic) bond motifs is 1. The summed E-state index contributed by atoms with van der Waals surface area (Å²) in [4.78, 5) is 2.39. The van der Waals surface area contributed by atoms with Gasteiger partial charge < -0.3 is 10.0 Å². The van der Waals surface area contributed by atoms with Crippen LogP contribution < -0.4 is 0 Å². The van der Waals surface area contributed by atoms with Crippen LogP contribution >= 0.6 is 0 Å². The second-order valence-electron chi connectivity index (χ2n) is 5.99. The Labute approximate surface area is 110 Å². The highest BCUT2D eigenvalue weighted by atomic mass is 16.3. The van der Waals surface area contributed by atoms with Gasteiger partial charge in [0, 0.05) is 12.6 Å². The Morgan fingerprint density at radius 2 is 2.00 bits per heavy atom. The predicted octanol–water partition coefficient (Wildman–Crippen LogP) is 2.77. The van der Waals surface area contributed by atoms with Crippen molar-refractivity contribution >= 4 is 0 Å². The SMILES string of the molecule is CN(CC1CC1)C1CCCc2ccccc2C1O. The molecule has 2 nitrogen and oxygen atoms in total. The highest BCUT2D eigenvalue weighted by Crippen LogP contribution is 2.35. The van der Waals surface area contributed by atoms with E-state index in [1.54, 1.807) is 0 Å². The van der Waals surface area contributed by atoms with Crippen LogP contribution in [0, 0.1) is 5.92 Å². The largest absolute Gasteiger partial charge is 0.387 e. The highest BCUT2D eigenvalue weighted by Gasteiger charge is 2.32. The van der Waals surface area contributed by atoms with E-state index in [2.05, 4.69) is 30.1 Å². The third-order valence-corrected chi connectivity index (χ3v) is 4.49. The lowest BCUT2D eigenvalue weighted by Gasteiger charge is -2.31. The summed E-state index contributed by atoms with van der Waals surface area (Å²) in [5, 5.41) is 10.7. The van der Waals surface area contributed by atoms with Gasteiger partial charge in [-0.3, -0.25) is 0 Å². The van der Waals surface area contributed by atoms with Gasteiger partial charge in [-0.2, -0.15) is 0 Å². The van der Waals surface area contributed by atoms with Crippen LogP contribution in [0.2, 0.25) is 0 Å². The number of likely N-dealkylation sites (N-methyl/N-ethyl adjacent to an activating group) is 1. The fourth-order valence-corrected chi connectivity index (χ4v) is 3.22. The summed E-state index contributed by atoms with van der Waals surface area (Å²) in [5.41, 5.74) is 2.50. The van der Waals surface area contributed by atoms with E-state index in [-0.39, 0.29) is 6.10 Å². The van der Waals surface area contributed by atoms with Crippen LogP contribution in [-0.4, -0.2) is 29.6 Å². The molecule has 2 aliphatic rings. The fourth-order valence-electron chi connectivity index (χ4n) is 3.22. The molecule has 1 aromatic carbocycles. The number of benzene rings is 1. The minimum absolute atomic E-state index is 0.300. The van der Waals surface area contributed by atoms with E-state index < -0.39 is 0 Å². The van der Waals surface area contributed by atoms with Crippen molar-refractivity contribution < 1.29 is 5.11 Å². The molecule has 1 saturated carbocycles. The summed E-state index contributed by atoms with van der Waals surface area (Å²) in [6, 6.07) is 8.70. The van der Waals surface area contributed by atoms with Gasteiger partial charge in [-0.25, -0.2) is 0 Å². The quantitative estimate of drug-likeness (QED) is 0.828. The van der Waals surface area contributed by atoms with Crippen molar-refractivity contribution in [1.29, 1.82) is 0 Å². The van der Waals surface area contributed by atoms with E-state index in [4.69, 9.17) is 0 Å². The summed E-state index contributed by atoms with van der Waals surface area (Å²) in [6.07, 6.45) is 5.86. The molecule has 0 spiro atoms. The number of aryl methyl sites for hydroxylation is 1. The van der Waals surface area contributed by atoms with Crippen LogP contribution in [0.25, 0.3) is 0 Å². The molecule has 3 rings (SSSR count). The summed E-state index contributed by atoms with van der Waals surface area (Å²) in [6.45, 7) is 1.16. The number of aliphatic hydroxyl groups is 1. The van der Waals surface area contributed by atoms with Crippen molar-refractivity contribution in [3.8, 4) is 0 Å². The van der Waals surface area contributed by atoms with Gasteiger partial charge in [0.05, 0.1) is 6.10 Å². The van der Waals surface area contributed by atoms with Crippen LogP contribution in [-0.2, 0) is 6.42 Å². The molecule has 0 amide bonds. The van der Waals surface area contributed by atoms with E-state index in [1.807, 2.05) is 6.07 Å². The maximum atomic E-state index is 10.7. The number of nitrogens with zero attached hydrogens (tertiary/aromatic N) is 1. The summed E-state index contributed by atoms with van der Waals surface area (Å²) >= 11 is 0. The van der Waals surface area contributed by atoms with Gasteiger partial charge in [-0.1, -0.05) is 24.3 Å². The van der Waals surface area contributed by atoms with Crippen LogP contribution in [0.5, 0.6) is 0 Å². The smallest absolute Gasteiger partial charge is 0.0947 e. The molecule has 2 unspecified atom stereocenters. The van der Waals surface area contributed by atoms with E-state index in [0.717, 1.165) is 30.9 Å². The van der Waals surface area contributed by atoms with Gasteiger partial charge in [0.25, 0.3) is 0 Å². The molecule has 1 N–H and O–H groups in total. The second kappa shape index (κ2) is 5.02. The summed E-state index contributed by atoms with van der Waals surface area (Å²) in [7, 11) is 2.18. The zero-order chi connectivity index (χ0) is 12.5. The molecule has 0 aliphatic heterocycles. The van der Waals surface area contributed by atoms with Crippen molar-refractivity contribution in [1.82, 2.24) is 4.90 Å². The third kappa shape index (κ3) is 2.45. The Bertz CT molecular complexity index is 413. The zero-order valence-electron chi connectivity index (χ0n) is 11.2. The number of aliphatic hydroxyl groups excluding tert-OH is 1. The molecular weight excluding hydrogens is 222 g/mol. The first kappa shape index (κ1) is 12.2. The lowest BCUT2D eigenvalue weighted by Crippen LogP contribution is -2.37.